The summed E-state index contributed by atoms with van der Waals surface area (Å²) in [4.78, 5) is 2.72. The van der Waals surface area contributed by atoms with E-state index in [2.05, 4.69) is 37.9 Å². The van der Waals surface area contributed by atoms with Crippen molar-refractivity contribution >= 4 is 0 Å². The molecule has 2 rings (SSSR count). The summed E-state index contributed by atoms with van der Waals surface area (Å²) >= 11 is 0. The fraction of sp³-hybridized carbons (Fsp3) is 1.00. The zero-order valence-corrected chi connectivity index (χ0v) is 13.6. The standard InChI is InChI=1S/C17H34N2/c1-15-7-9-17(10-8-15,13-18-16(2,3)4)14-19-11-5-6-12-19/h15,18H,5-14H2,1-4H3. The predicted octanol–water partition coefficient (Wildman–Crippen LogP) is 3.67. The van der Waals surface area contributed by atoms with Crippen LogP contribution in [0.1, 0.15) is 66.2 Å². The van der Waals surface area contributed by atoms with Crippen molar-refractivity contribution in [2.45, 2.75) is 71.8 Å². The van der Waals surface area contributed by atoms with E-state index in [1.54, 1.807) is 0 Å². The fourth-order valence-electron chi connectivity index (χ4n) is 3.63. The summed E-state index contributed by atoms with van der Waals surface area (Å²) < 4.78 is 0. The molecule has 1 aliphatic carbocycles. The van der Waals surface area contributed by atoms with Crippen molar-refractivity contribution in [2.75, 3.05) is 26.2 Å². The maximum absolute atomic E-state index is 3.79. The molecule has 2 nitrogen and oxygen atoms in total. The molecular formula is C17H34N2. The molecule has 1 aliphatic heterocycles. The van der Waals surface area contributed by atoms with E-state index in [1.807, 2.05) is 0 Å². The molecule has 19 heavy (non-hydrogen) atoms. The van der Waals surface area contributed by atoms with Gasteiger partial charge in [-0.05, 0) is 70.9 Å². The molecule has 0 amide bonds. The van der Waals surface area contributed by atoms with Crippen LogP contribution in [0.3, 0.4) is 0 Å². The van der Waals surface area contributed by atoms with Gasteiger partial charge in [-0.15, -0.1) is 0 Å². The Morgan fingerprint density at radius 3 is 2.21 bits per heavy atom. The molecule has 0 bridgehead atoms. The Morgan fingerprint density at radius 1 is 1.11 bits per heavy atom. The molecule has 0 radical (unpaired) electrons. The average Bonchev–Trinajstić information content (AvgIpc) is 2.82. The maximum atomic E-state index is 3.79. The van der Waals surface area contributed by atoms with Gasteiger partial charge in [0.1, 0.15) is 0 Å². The molecule has 0 aromatic carbocycles. The van der Waals surface area contributed by atoms with Gasteiger partial charge in [-0.3, -0.25) is 0 Å². The van der Waals surface area contributed by atoms with Crippen molar-refractivity contribution in [3.8, 4) is 0 Å². The summed E-state index contributed by atoms with van der Waals surface area (Å²) in [6.45, 7) is 14.5. The van der Waals surface area contributed by atoms with Crippen molar-refractivity contribution in [2.24, 2.45) is 11.3 Å². The van der Waals surface area contributed by atoms with Crippen LogP contribution in [0.5, 0.6) is 0 Å². The van der Waals surface area contributed by atoms with E-state index in [9.17, 15) is 0 Å². The van der Waals surface area contributed by atoms with Crippen LogP contribution >= 0.6 is 0 Å². The topological polar surface area (TPSA) is 15.3 Å². The van der Waals surface area contributed by atoms with Gasteiger partial charge in [0.2, 0.25) is 0 Å². The Kier molecular flexibility index (Phi) is 4.94. The lowest BCUT2D eigenvalue weighted by molar-refractivity contribution is 0.0907. The van der Waals surface area contributed by atoms with E-state index < -0.39 is 0 Å². The Hall–Kier alpha value is -0.0800. The first kappa shape index (κ1) is 15.3. The summed E-state index contributed by atoms with van der Waals surface area (Å²) in [5.41, 5.74) is 0.797. The molecular weight excluding hydrogens is 232 g/mol. The van der Waals surface area contributed by atoms with Crippen LogP contribution in [-0.4, -0.2) is 36.6 Å². The van der Waals surface area contributed by atoms with Crippen LogP contribution < -0.4 is 5.32 Å². The predicted molar refractivity (Wildman–Crippen MR) is 83.5 cm³/mol. The van der Waals surface area contributed by atoms with Gasteiger partial charge in [-0.2, -0.15) is 0 Å². The van der Waals surface area contributed by atoms with Crippen molar-refractivity contribution < 1.29 is 0 Å². The van der Waals surface area contributed by atoms with Gasteiger partial charge in [0.25, 0.3) is 0 Å². The molecule has 2 heteroatoms. The molecule has 1 saturated carbocycles. The van der Waals surface area contributed by atoms with Crippen LogP contribution in [0.4, 0.5) is 0 Å². The molecule has 0 aromatic rings. The number of likely N-dealkylation sites (tertiary alicyclic amines) is 1. The molecule has 0 atom stereocenters. The summed E-state index contributed by atoms with van der Waals surface area (Å²) in [5.74, 6) is 0.946. The van der Waals surface area contributed by atoms with Crippen molar-refractivity contribution in [3.05, 3.63) is 0 Å². The fourth-order valence-corrected chi connectivity index (χ4v) is 3.63. The molecule has 1 N–H and O–H groups in total. The molecule has 2 fully saturated rings. The highest BCUT2D eigenvalue weighted by Crippen LogP contribution is 2.40. The summed E-state index contributed by atoms with van der Waals surface area (Å²) in [6.07, 6.45) is 8.54. The van der Waals surface area contributed by atoms with E-state index in [0.29, 0.717) is 5.41 Å². The van der Waals surface area contributed by atoms with Crippen molar-refractivity contribution in [1.29, 1.82) is 0 Å². The van der Waals surface area contributed by atoms with Crippen LogP contribution in [0, 0.1) is 11.3 Å². The van der Waals surface area contributed by atoms with Gasteiger partial charge in [0.15, 0.2) is 0 Å². The normalized spacial score (nSPS) is 33.8. The highest BCUT2D eigenvalue weighted by atomic mass is 15.1. The highest BCUT2D eigenvalue weighted by Gasteiger charge is 2.36. The lowest BCUT2D eigenvalue weighted by atomic mass is 9.70. The lowest BCUT2D eigenvalue weighted by Crippen LogP contribution is -2.49. The van der Waals surface area contributed by atoms with Gasteiger partial charge in [-0.25, -0.2) is 0 Å². The third-order valence-electron chi connectivity index (χ3n) is 5.09. The van der Waals surface area contributed by atoms with Crippen molar-refractivity contribution in [1.82, 2.24) is 10.2 Å². The first-order chi connectivity index (χ1) is 8.89. The van der Waals surface area contributed by atoms with Gasteiger partial charge >= 0.3 is 0 Å². The Labute approximate surface area is 120 Å². The Bertz CT molecular complexity index is 265. The highest BCUT2D eigenvalue weighted by molar-refractivity contribution is 4.91. The zero-order chi connectivity index (χ0) is 13.9. The second-order valence-corrected chi connectivity index (χ2v) is 8.27. The molecule has 0 spiro atoms. The lowest BCUT2D eigenvalue weighted by Gasteiger charge is -2.43. The summed E-state index contributed by atoms with van der Waals surface area (Å²) in [6, 6.07) is 0. The molecule has 1 heterocycles. The third-order valence-corrected chi connectivity index (χ3v) is 5.09. The van der Waals surface area contributed by atoms with Crippen LogP contribution in [-0.2, 0) is 0 Å². The minimum Gasteiger partial charge on any atom is -0.311 e. The van der Waals surface area contributed by atoms with E-state index in [-0.39, 0.29) is 5.54 Å². The first-order valence-corrected chi connectivity index (χ1v) is 8.36. The SMILES string of the molecule is CC1CCC(CNC(C)(C)C)(CN2CCCC2)CC1. The van der Waals surface area contributed by atoms with E-state index in [0.717, 1.165) is 5.92 Å². The molecule has 0 aromatic heterocycles. The van der Waals surface area contributed by atoms with Gasteiger partial charge in [0.05, 0.1) is 0 Å². The second kappa shape index (κ2) is 6.13. The second-order valence-electron chi connectivity index (χ2n) is 8.27. The minimum atomic E-state index is 0.251. The summed E-state index contributed by atoms with van der Waals surface area (Å²) in [5, 5.41) is 3.79. The number of rotatable bonds is 4. The molecule has 2 aliphatic rings. The van der Waals surface area contributed by atoms with Crippen LogP contribution in [0.2, 0.25) is 0 Å². The van der Waals surface area contributed by atoms with Gasteiger partial charge in [0, 0.05) is 18.6 Å². The molecule has 112 valence electrons. The minimum absolute atomic E-state index is 0.251. The largest absolute Gasteiger partial charge is 0.311 e. The Morgan fingerprint density at radius 2 is 1.68 bits per heavy atom. The Balaban J connectivity index is 1.95. The quantitative estimate of drug-likeness (QED) is 0.835. The molecule has 0 unspecified atom stereocenters. The summed E-state index contributed by atoms with van der Waals surface area (Å²) in [7, 11) is 0. The van der Waals surface area contributed by atoms with E-state index >= 15 is 0 Å². The van der Waals surface area contributed by atoms with Gasteiger partial charge < -0.3 is 10.2 Å². The number of hydrogen-bond acceptors (Lipinski definition) is 2. The van der Waals surface area contributed by atoms with E-state index in [1.165, 1.54) is 64.7 Å². The van der Waals surface area contributed by atoms with Crippen LogP contribution in [0.15, 0.2) is 0 Å². The number of nitrogens with one attached hydrogen (secondary N) is 1. The van der Waals surface area contributed by atoms with Crippen molar-refractivity contribution in [3.63, 3.8) is 0 Å². The number of hydrogen-bond donors (Lipinski definition) is 1. The first-order valence-electron chi connectivity index (χ1n) is 8.36. The van der Waals surface area contributed by atoms with E-state index in [4.69, 9.17) is 0 Å². The smallest absolute Gasteiger partial charge is 0.00967 e. The van der Waals surface area contributed by atoms with Gasteiger partial charge in [-0.1, -0.05) is 19.8 Å². The monoisotopic (exact) mass is 266 g/mol. The maximum Gasteiger partial charge on any atom is 0.00967 e. The average molecular weight is 266 g/mol. The number of nitrogens with zero attached hydrogens (tertiary/aromatic N) is 1. The third kappa shape index (κ3) is 4.75. The molecule has 1 saturated heterocycles. The van der Waals surface area contributed by atoms with Crippen LogP contribution in [0.25, 0.3) is 0 Å². The zero-order valence-electron chi connectivity index (χ0n) is 13.6.